The van der Waals surface area contributed by atoms with E-state index in [1.54, 1.807) is 71.9 Å². The second-order valence-electron chi connectivity index (χ2n) is 17.8. The van der Waals surface area contributed by atoms with E-state index in [0.29, 0.717) is 12.0 Å². The third-order valence-corrected chi connectivity index (χ3v) is 13.0. The number of hydrogen-bond acceptors (Lipinski definition) is 14. The number of benzene rings is 3. The highest BCUT2D eigenvalue weighted by Gasteiger charge is 2.62. The number of carbonyl (C=O) groups is 6. The summed E-state index contributed by atoms with van der Waals surface area (Å²) in [6.07, 6.45) is 2.23. The van der Waals surface area contributed by atoms with Gasteiger partial charge in [-0.15, -0.1) is 13.2 Å². The van der Waals surface area contributed by atoms with E-state index in [1.165, 1.54) is 55.7 Å². The van der Waals surface area contributed by atoms with E-state index in [-0.39, 0.29) is 52.8 Å². The van der Waals surface area contributed by atoms with E-state index in [0.717, 1.165) is 5.56 Å². The number of esters is 1. The van der Waals surface area contributed by atoms with Crippen LogP contribution in [0.4, 0.5) is 21.0 Å². The van der Waals surface area contributed by atoms with Crippen LogP contribution in [0.25, 0.3) is 0 Å². The molecule has 21 heteroatoms. The van der Waals surface area contributed by atoms with Gasteiger partial charge in [0.15, 0.2) is 0 Å². The van der Waals surface area contributed by atoms with Crippen LogP contribution in [0.1, 0.15) is 71.9 Å². The fraction of sp³-hybridized carbons (Fsp3) is 0.391. The number of sulfonamides is 2. The number of nitrogens with two attached hydrogens (primary N) is 1. The Morgan fingerprint density at radius 2 is 1.16 bits per heavy atom. The van der Waals surface area contributed by atoms with Crippen LogP contribution in [0.2, 0.25) is 0 Å². The first kappa shape index (κ1) is 52.9. The number of ether oxygens (including phenoxy) is 3. The Balaban J connectivity index is 0.000000324. The van der Waals surface area contributed by atoms with Gasteiger partial charge in [0, 0.05) is 18.3 Å². The maximum Gasteiger partial charge on any atom is 0.408 e. The number of methoxy groups -OCH3 is 1. The highest BCUT2D eigenvalue weighted by Crippen LogP contribution is 2.46. The monoisotopic (exact) mass is 966 g/mol. The van der Waals surface area contributed by atoms with E-state index >= 15 is 0 Å². The molecule has 0 spiro atoms. The zero-order chi connectivity index (χ0) is 50.2. The average molecular weight is 967 g/mol. The Labute approximate surface area is 390 Å². The number of aryl methyl sites for hydroxylation is 1. The molecule has 2 aliphatic carbocycles. The molecule has 4 atom stereocenters. The van der Waals surface area contributed by atoms with Crippen LogP contribution in [0.15, 0.2) is 108 Å². The minimum Gasteiger partial charge on any atom is -0.469 e. The van der Waals surface area contributed by atoms with Gasteiger partial charge in [0.1, 0.15) is 32.1 Å². The Bertz CT molecular complexity index is 2640. The zero-order valence-electron chi connectivity index (χ0n) is 38.4. The van der Waals surface area contributed by atoms with Gasteiger partial charge < -0.3 is 35.9 Å². The van der Waals surface area contributed by atoms with E-state index < -0.39 is 84.1 Å². The number of carbonyl (C=O) groups excluding carboxylic acids is 6. The first-order valence-electron chi connectivity index (χ1n) is 20.9. The number of alkyl carbamates (subject to hydrolysis) is 2. The van der Waals surface area contributed by atoms with Gasteiger partial charge in [0.05, 0.1) is 24.9 Å². The number of nitrogens with one attached hydrogen (secondary N) is 5. The molecule has 5 amide bonds. The van der Waals surface area contributed by atoms with Crippen LogP contribution in [0.3, 0.4) is 0 Å². The molecule has 2 aliphatic rings. The maximum absolute atomic E-state index is 13.3. The van der Waals surface area contributed by atoms with Gasteiger partial charge in [0.25, 0.3) is 31.9 Å². The Hall–Kier alpha value is -6.74. The number of para-hydroxylation sites is 2. The largest absolute Gasteiger partial charge is 0.469 e. The molecular weight excluding hydrogens is 909 g/mol. The number of amides is 5. The fourth-order valence-corrected chi connectivity index (χ4v) is 9.10. The van der Waals surface area contributed by atoms with Crippen molar-refractivity contribution in [1.29, 1.82) is 0 Å². The topological polar surface area (TPSA) is 285 Å². The molecule has 0 heterocycles. The Morgan fingerprint density at radius 3 is 1.63 bits per heavy atom. The summed E-state index contributed by atoms with van der Waals surface area (Å²) in [4.78, 5) is 74.0. The van der Waals surface area contributed by atoms with Gasteiger partial charge in [0.2, 0.25) is 5.91 Å². The molecule has 0 aromatic heterocycles. The maximum atomic E-state index is 13.3. The molecule has 3 aromatic rings. The number of hydrogen-bond donors (Lipinski definition) is 6. The first-order valence-corrected chi connectivity index (χ1v) is 23.9. The molecule has 67 heavy (non-hydrogen) atoms. The second kappa shape index (κ2) is 20.8. The molecular formula is C46H58N6O13S2. The lowest BCUT2D eigenvalue weighted by atomic mass is 10.0. The van der Waals surface area contributed by atoms with Crippen LogP contribution in [0, 0.1) is 11.8 Å². The van der Waals surface area contributed by atoms with Crippen LogP contribution < -0.4 is 31.1 Å². The Morgan fingerprint density at radius 1 is 0.701 bits per heavy atom. The number of nitrogen functional groups attached to an aromatic ring is 1. The summed E-state index contributed by atoms with van der Waals surface area (Å²) < 4.78 is 70.6. The van der Waals surface area contributed by atoms with Crippen molar-refractivity contribution >= 4 is 67.3 Å². The lowest BCUT2D eigenvalue weighted by molar-refractivity contribution is -0.140. The molecule has 362 valence electrons. The smallest absolute Gasteiger partial charge is 0.408 e. The van der Waals surface area contributed by atoms with Gasteiger partial charge in [-0.2, -0.15) is 0 Å². The molecule has 0 bridgehead atoms. The Kier molecular flexibility index (Phi) is 16.4. The van der Waals surface area contributed by atoms with Crippen LogP contribution in [-0.2, 0) is 66.3 Å². The zero-order valence-corrected chi connectivity index (χ0v) is 40.0. The molecule has 0 unspecified atom stereocenters. The van der Waals surface area contributed by atoms with Crippen LogP contribution in [0.5, 0.6) is 0 Å². The van der Waals surface area contributed by atoms with E-state index in [2.05, 4.69) is 33.8 Å². The predicted molar refractivity (Wildman–Crippen MR) is 248 cm³/mol. The molecule has 7 N–H and O–H groups in total. The van der Waals surface area contributed by atoms with Crippen molar-refractivity contribution in [3.63, 3.8) is 0 Å². The molecule has 19 nitrogen and oxygen atoms in total. The van der Waals surface area contributed by atoms with Gasteiger partial charge in [-0.1, -0.05) is 60.7 Å². The van der Waals surface area contributed by atoms with Crippen LogP contribution >= 0.6 is 0 Å². The average Bonchev–Trinajstić information content (AvgIpc) is 4.13. The van der Waals surface area contributed by atoms with E-state index in [9.17, 15) is 45.6 Å². The summed E-state index contributed by atoms with van der Waals surface area (Å²) in [5, 5.41) is 7.56. The summed E-state index contributed by atoms with van der Waals surface area (Å²) in [5.74, 6) is -3.54. The van der Waals surface area contributed by atoms with E-state index in [1.807, 2.05) is 15.5 Å². The van der Waals surface area contributed by atoms with Crippen molar-refractivity contribution in [2.75, 3.05) is 18.2 Å². The fourth-order valence-electron chi connectivity index (χ4n) is 6.73. The molecule has 0 saturated heterocycles. The normalized spacial score (nSPS) is 19.6. The quantitative estimate of drug-likeness (QED) is 0.0487. The molecule has 2 fully saturated rings. The third kappa shape index (κ3) is 14.4. The number of anilines is 2. The molecule has 5 rings (SSSR count). The van der Waals surface area contributed by atoms with Gasteiger partial charge in [-0.05, 0) is 96.2 Å². The minimum atomic E-state index is -4.46. The van der Waals surface area contributed by atoms with Gasteiger partial charge in [-0.3, -0.25) is 19.2 Å². The third-order valence-electron chi connectivity index (χ3n) is 10.2. The minimum absolute atomic E-state index is 0.0121. The summed E-state index contributed by atoms with van der Waals surface area (Å²) in [6.45, 7) is 17.3. The van der Waals surface area contributed by atoms with Crippen molar-refractivity contribution in [2.45, 2.75) is 106 Å². The molecule has 3 aromatic carbocycles. The molecule has 0 aliphatic heterocycles. The van der Waals surface area contributed by atoms with Crippen molar-refractivity contribution in [3.05, 3.63) is 109 Å². The standard InChI is InChI=1S/C29H35N3O8S.C17H23N3O5S/c1-6-21-18-29(21,31-27(36)40-28(2,3)4)26(35)32-41(37,38)23-13-8-7-12-22(23)30-24(33)17-20-11-9-10-19(16-20)14-15-25(34)39-5;1-5-11-10-17(11,19-15(22)25-16(2,3)4)14(21)20-26(23,24)13-9-7-6-8-12(13)18/h6-13,16,21H,1,14-15,17-18H2,2-5H3,(H,30,33)(H,31,36)(H,32,35);5-9,11H,1,10,18H2,2-4H3,(H,19,22)(H,20,21)/t21-,29-;11-,17-/m11/s1. The second-order valence-corrected chi connectivity index (χ2v) is 21.1. The summed E-state index contributed by atoms with van der Waals surface area (Å²) >= 11 is 0. The van der Waals surface area contributed by atoms with Crippen molar-refractivity contribution in [3.8, 4) is 0 Å². The van der Waals surface area contributed by atoms with Crippen molar-refractivity contribution < 1.29 is 59.8 Å². The van der Waals surface area contributed by atoms with Gasteiger partial charge in [-0.25, -0.2) is 35.9 Å². The summed E-state index contributed by atoms with van der Waals surface area (Å²) in [5.41, 5.74) is 2.64. The van der Waals surface area contributed by atoms with Crippen molar-refractivity contribution in [1.82, 2.24) is 20.1 Å². The van der Waals surface area contributed by atoms with Crippen molar-refractivity contribution in [2.24, 2.45) is 11.8 Å². The first-order chi connectivity index (χ1) is 31.1. The highest BCUT2D eigenvalue weighted by atomic mass is 32.2. The van der Waals surface area contributed by atoms with E-state index in [4.69, 9.17) is 15.2 Å². The summed E-state index contributed by atoms with van der Waals surface area (Å²) in [6, 6.07) is 18.6. The lowest BCUT2D eigenvalue weighted by Gasteiger charge is -2.23. The summed E-state index contributed by atoms with van der Waals surface area (Å²) in [7, 11) is -7.34. The highest BCUT2D eigenvalue weighted by molar-refractivity contribution is 7.90. The number of rotatable bonds is 16. The molecule has 2 saturated carbocycles. The predicted octanol–water partition coefficient (Wildman–Crippen LogP) is 4.79. The van der Waals surface area contributed by atoms with Crippen LogP contribution in [-0.4, -0.2) is 82.1 Å². The molecule has 0 radical (unpaired) electrons. The lowest BCUT2D eigenvalue weighted by Crippen LogP contribution is -2.52. The SMILES string of the molecule is C=C[C@@H]1C[C@]1(NC(=O)OC(C)(C)C)C(=O)NS(=O)(=O)c1ccccc1N.C=C[C@@H]1C[C@]1(NC(=O)OC(C)(C)C)C(=O)NS(=O)(=O)c1ccccc1NC(=O)Cc1cccc(CCC(=O)OC)c1. The van der Waals surface area contributed by atoms with Gasteiger partial charge >= 0.3 is 18.2 Å².